The third-order valence-corrected chi connectivity index (χ3v) is 5.80. The number of hydrogen-bond donors (Lipinski definition) is 2. The molecule has 24 heavy (non-hydrogen) atoms. The van der Waals surface area contributed by atoms with Gasteiger partial charge in [0.05, 0.1) is 18.3 Å². The van der Waals surface area contributed by atoms with E-state index < -0.39 is 0 Å². The fraction of sp³-hybridized carbons (Fsp3) is 0.368. The summed E-state index contributed by atoms with van der Waals surface area (Å²) in [5, 5.41) is 22.2. The van der Waals surface area contributed by atoms with E-state index in [2.05, 4.69) is 0 Å². The first-order valence-electron chi connectivity index (χ1n) is 8.16. The Bertz CT molecular complexity index is 696. The number of hydroxylamine groups is 1. The highest BCUT2D eigenvalue weighted by atomic mass is 35.5. The quantitative estimate of drug-likeness (QED) is 0.894. The maximum atomic E-state index is 9.79. The number of hydrogen-bond acceptors (Lipinski definition) is 4. The molecule has 1 saturated carbocycles. The Kier molecular flexibility index (Phi) is 4.01. The van der Waals surface area contributed by atoms with Crippen molar-refractivity contribution in [1.82, 2.24) is 0 Å². The van der Waals surface area contributed by atoms with E-state index in [-0.39, 0.29) is 36.5 Å². The number of aliphatic hydroxyl groups excluding tert-OH is 2. The lowest BCUT2D eigenvalue weighted by molar-refractivity contribution is 0.143. The van der Waals surface area contributed by atoms with Crippen molar-refractivity contribution >= 4 is 17.3 Å². The Morgan fingerprint density at radius 2 is 1.62 bits per heavy atom. The molecule has 4 nitrogen and oxygen atoms in total. The monoisotopic (exact) mass is 345 g/mol. The van der Waals surface area contributed by atoms with E-state index in [1.54, 1.807) is 0 Å². The molecule has 126 valence electrons. The maximum absolute atomic E-state index is 9.79. The Morgan fingerprint density at radius 3 is 2.21 bits per heavy atom. The van der Waals surface area contributed by atoms with Gasteiger partial charge < -0.3 is 10.2 Å². The van der Waals surface area contributed by atoms with Crippen LogP contribution in [0, 0.1) is 17.3 Å². The van der Waals surface area contributed by atoms with E-state index in [4.69, 9.17) is 16.4 Å². The summed E-state index contributed by atoms with van der Waals surface area (Å²) in [4.78, 5) is 6.06. The van der Waals surface area contributed by atoms with E-state index in [9.17, 15) is 10.2 Å². The van der Waals surface area contributed by atoms with E-state index in [0.717, 1.165) is 11.3 Å². The zero-order valence-electron chi connectivity index (χ0n) is 13.2. The van der Waals surface area contributed by atoms with E-state index in [0.29, 0.717) is 11.6 Å². The first-order chi connectivity index (χ1) is 11.7. The molecule has 4 rings (SSSR count). The van der Waals surface area contributed by atoms with Crippen LogP contribution in [0.4, 0.5) is 5.69 Å². The first kappa shape index (κ1) is 15.9. The van der Waals surface area contributed by atoms with Crippen LogP contribution in [-0.2, 0) is 4.84 Å². The molecule has 3 atom stereocenters. The Morgan fingerprint density at radius 1 is 1.00 bits per heavy atom. The van der Waals surface area contributed by atoms with Gasteiger partial charge in [-0.25, -0.2) is 5.06 Å². The molecule has 0 radical (unpaired) electrons. The predicted octanol–water partition coefficient (Wildman–Crippen LogP) is 3.05. The van der Waals surface area contributed by atoms with Crippen LogP contribution in [0.5, 0.6) is 0 Å². The van der Waals surface area contributed by atoms with Crippen molar-refractivity contribution < 1.29 is 15.1 Å². The lowest BCUT2D eigenvalue weighted by Gasteiger charge is -2.28. The predicted molar refractivity (Wildman–Crippen MR) is 92.7 cm³/mol. The number of halogens is 1. The smallest absolute Gasteiger partial charge is 0.0901 e. The van der Waals surface area contributed by atoms with Crippen molar-refractivity contribution in [3.8, 4) is 0 Å². The summed E-state index contributed by atoms with van der Waals surface area (Å²) in [6.45, 7) is 0.605. The minimum atomic E-state index is -0.271. The molecule has 3 unspecified atom stereocenters. The van der Waals surface area contributed by atoms with Crippen LogP contribution in [0.25, 0.3) is 0 Å². The van der Waals surface area contributed by atoms with Gasteiger partial charge in [-0.05, 0) is 41.7 Å². The van der Waals surface area contributed by atoms with Gasteiger partial charge in [-0.15, -0.1) is 0 Å². The van der Waals surface area contributed by atoms with Crippen LogP contribution < -0.4 is 5.06 Å². The molecule has 1 saturated heterocycles. The summed E-state index contributed by atoms with van der Waals surface area (Å²) in [5.74, 6) is 0.0776. The average molecular weight is 346 g/mol. The zero-order chi connectivity index (χ0) is 16.7. The van der Waals surface area contributed by atoms with Crippen molar-refractivity contribution in [1.29, 1.82) is 0 Å². The normalized spacial score (nSPS) is 31.6. The van der Waals surface area contributed by atoms with Crippen LogP contribution in [0.1, 0.15) is 11.6 Å². The van der Waals surface area contributed by atoms with Gasteiger partial charge in [-0.2, -0.15) is 0 Å². The van der Waals surface area contributed by atoms with E-state index >= 15 is 0 Å². The van der Waals surface area contributed by atoms with Crippen molar-refractivity contribution in [2.75, 3.05) is 24.9 Å². The van der Waals surface area contributed by atoms with Crippen molar-refractivity contribution in [2.24, 2.45) is 17.3 Å². The Balaban J connectivity index is 1.78. The molecule has 2 aromatic carbocycles. The zero-order valence-corrected chi connectivity index (χ0v) is 13.9. The summed E-state index contributed by atoms with van der Waals surface area (Å²) < 4.78 is 0. The summed E-state index contributed by atoms with van der Waals surface area (Å²) >= 11 is 6.05. The summed E-state index contributed by atoms with van der Waals surface area (Å²) in [7, 11) is 0. The third kappa shape index (κ3) is 2.25. The largest absolute Gasteiger partial charge is 0.396 e. The standard InChI is InChI=1S/C19H20ClNO3/c20-14-8-6-13(7-9-14)18-19(16(10-22)17(19)11-23)12-24-21(18)15-4-2-1-3-5-15/h1-9,16-18,22-23H,10-12H2. The number of anilines is 1. The van der Waals surface area contributed by atoms with Gasteiger partial charge in [-0.1, -0.05) is 41.9 Å². The number of para-hydroxylation sites is 1. The van der Waals surface area contributed by atoms with Crippen LogP contribution in [-0.4, -0.2) is 30.0 Å². The number of aliphatic hydroxyl groups is 2. The van der Waals surface area contributed by atoms with Crippen LogP contribution in [0.2, 0.25) is 5.02 Å². The molecular weight excluding hydrogens is 326 g/mol. The van der Waals surface area contributed by atoms with Crippen molar-refractivity contribution in [2.45, 2.75) is 6.04 Å². The highest BCUT2D eigenvalue weighted by molar-refractivity contribution is 6.30. The molecular formula is C19H20ClNO3. The SMILES string of the molecule is OCC1C(CO)C12CON(c1ccccc1)C2c1ccc(Cl)cc1. The fourth-order valence-electron chi connectivity index (χ4n) is 4.29. The summed E-state index contributed by atoms with van der Waals surface area (Å²) in [6.07, 6.45) is 0. The lowest BCUT2D eigenvalue weighted by Crippen LogP contribution is -2.27. The fourth-order valence-corrected chi connectivity index (χ4v) is 4.41. The second-order valence-corrected chi connectivity index (χ2v) is 7.02. The molecule has 2 N–H and O–H groups in total. The summed E-state index contributed by atoms with van der Waals surface area (Å²) in [6, 6.07) is 17.6. The van der Waals surface area contributed by atoms with Crippen molar-refractivity contribution in [3.63, 3.8) is 0 Å². The van der Waals surface area contributed by atoms with Crippen molar-refractivity contribution in [3.05, 3.63) is 65.2 Å². The van der Waals surface area contributed by atoms with Crippen LogP contribution in [0.3, 0.4) is 0 Å². The molecule has 2 fully saturated rings. The second kappa shape index (κ2) is 6.05. The molecule has 0 aromatic heterocycles. The first-order valence-corrected chi connectivity index (χ1v) is 8.54. The molecule has 1 aliphatic heterocycles. The molecule has 5 heteroatoms. The van der Waals surface area contributed by atoms with E-state index in [1.807, 2.05) is 59.7 Å². The van der Waals surface area contributed by atoms with Gasteiger partial charge in [0.15, 0.2) is 0 Å². The van der Waals surface area contributed by atoms with Gasteiger partial charge in [-0.3, -0.25) is 4.84 Å². The molecule has 1 heterocycles. The number of rotatable bonds is 4. The Labute approximate surface area is 146 Å². The van der Waals surface area contributed by atoms with E-state index in [1.165, 1.54) is 0 Å². The van der Waals surface area contributed by atoms with Gasteiger partial charge in [0.25, 0.3) is 0 Å². The minimum absolute atomic E-state index is 0.0388. The van der Waals surface area contributed by atoms with Crippen LogP contribution >= 0.6 is 11.6 Å². The number of nitrogens with zero attached hydrogens (tertiary/aromatic N) is 1. The highest BCUT2D eigenvalue weighted by Crippen LogP contribution is 2.69. The number of benzene rings is 2. The van der Waals surface area contributed by atoms with Gasteiger partial charge in [0.2, 0.25) is 0 Å². The topological polar surface area (TPSA) is 52.9 Å². The Hall–Kier alpha value is -1.59. The van der Waals surface area contributed by atoms with Gasteiger partial charge >= 0.3 is 0 Å². The highest BCUT2D eigenvalue weighted by Gasteiger charge is 2.72. The van der Waals surface area contributed by atoms with Gasteiger partial charge in [0.1, 0.15) is 0 Å². The molecule has 2 aliphatic rings. The molecule has 0 bridgehead atoms. The molecule has 1 spiro atoms. The molecule has 2 aromatic rings. The van der Waals surface area contributed by atoms with Crippen LogP contribution in [0.15, 0.2) is 54.6 Å². The molecule has 1 aliphatic carbocycles. The minimum Gasteiger partial charge on any atom is -0.396 e. The third-order valence-electron chi connectivity index (χ3n) is 5.54. The second-order valence-electron chi connectivity index (χ2n) is 6.58. The average Bonchev–Trinajstić information content (AvgIpc) is 3.08. The van der Waals surface area contributed by atoms with Gasteiger partial charge in [0, 0.05) is 23.7 Å². The lowest BCUT2D eigenvalue weighted by atomic mass is 9.87. The summed E-state index contributed by atoms with van der Waals surface area (Å²) in [5.41, 5.74) is 1.78. The molecule has 0 amide bonds. The maximum Gasteiger partial charge on any atom is 0.0901 e.